The van der Waals surface area contributed by atoms with E-state index in [0.717, 1.165) is 56.5 Å². The molecule has 0 amide bonds. The molecule has 12 aromatic rings. The van der Waals surface area contributed by atoms with Gasteiger partial charge in [-0.15, -0.1) is 0 Å². The molecule has 0 aliphatic heterocycles. The molecule has 0 N–H and O–H groups in total. The number of aromatic nitrogens is 1. The van der Waals surface area contributed by atoms with Gasteiger partial charge in [0, 0.05) is 33.5 Å². The van der Waals surface area contributed by atoms with Gasteiger partial charge in [0.05, 0.1) is 30.7 Å². The van der Waals surface area contributed by atoms with Crippen molar-refractivity contribution in [3.63, 3.8) is 0 Å². The monoisotopic (exact) mass is 912 g/mol. The van der Waals surface area contributed by atoms with Gasteiger partial charge in [0.25, 0.3) is 0 Å². The summed E-state index contributed by atoms with van der Waals surface area (Å²) in [5, 5.41) is 4.90. The zero-order valence-corrected chi connectivity index (χ0v) is 39.5. The van der Waals surface area contributed by atoms with Gasteiger partial charge in [-0.3, -0.25) is 0 Å². The lowest BCUT2D eigenvalue weighted by molar-refractivity contribution is 0.415. The molecule has 1 aromatic heterocycles. The van der Waals surface area contributed by atoms with Crippen LogP contribution in [0.25, 0.3) is 71.6 Å². The van der Waals surface area contributed by atoms with Crippen LogP contribution >= 0.6 is 0 Å². The van der Waals surface area contributed by atoms with Crippen LogP contribution in [0, 0.1) is 0 Å². The second kappa shape index (κ2) is 17.1. The van der Waals surface area contributed by atoms with Gasteiger partial charge in [0.15, 0.2) is 0 Å². The molecule has 0 fully saturated rings. The topological polar surface area (TPSA) is 26.6 Å². The van der Waals surface area contributed by atoms with Gasteiger partial charge >= 0.3 is 0 Å². The molecule has 0 bridgehead atoms. The van der Waals surface area contributed by atoms with Gasteiger partial charge < -0.3 is 18.9 Å². The first kappa shape index (κ1) is 42.0. The maximum absolute atomic E-state index is 5.56. The Balaban J connectivity index is 1.03. The Morgan fingerprint density at radius 3 is 1.56 bits per heavy atom. The number of para-hydroxylation sites is 1. The van der Waals surface area contributed by atoms with Crippen LogP contribution < -0.4 is 14.4 Å². The average molecular weight is 913 g/mol. The van der Waals surface area contributed by atoms with E-state index in [2.05, 4.69) is 240 Å². The molecular formula is C67H48N2O2. The minimum absolute atomic E-state index is 0.523. The van der Waals surface area contributed by atoms with E-state index >= 15 is 0 Å². The molecule has 0 unspecified atom stereocenters. The maximum Gasteiger partial charge on any atom is 0.119 e. The van der Waals surface area contributed by atoms with E-state index in [1.54, 1.807) is 14.2 Å². The van der Waals surface area contributed by atoms with Crippen LogP contribution in [0.2, 0.25) is 0 Å². The Morgan fingerprint density at radius 2 is 0.901 bits per heavy atom. The number of rotatable bonds is 10. The van der Waals surface area contributed by atoms with Crippen molar-refractivity contribution in [2.75, 3.05) is 19.1 Å². The van der Waals surface area contributed by atoms with Crippen LogP contribution in [0.1, 0.15) is 22.3 Å². The van der Waals surface area contributed by atoms with Gasteiger partial charge in [-0.2, -0.15) is 0 Å². The highest BCUT2D eigenvalue weighted by atomic mass is 16.5. The fraction of sp³-hybridized carbons (Fsp3) is 0.0448. The van der Waals surface area contributed by atoms with Crippen molar-refractivity contribution >= 4 is 49.6 Å². The van der Waals surface area contributed by atoms with Crippen molar-refractivity contribution in [2.45, 2.75) is 5.41 Å². The molecule has 4 nitrogen and oxygen atoms in total. The van der Waals surface area contributed by atoms with Crippen LogP contribution in [-0.2, 0) is 5.41 Å². The predicted octanol–water partition coefficient (Wildman–Crippen LogP) is 17.1. The number of nitrogens with zero attached hydrogens (tertiary/aromatic N) is 2. The summed E-state index contributed by atoms with van der Waals surface area (Å²) in [4.78, 5) is 2.28. The number of hydrogen-bond acceptors (Lipinski definition) is 3. The fourth-order valence-electron chi connectivity index (χ4n) is 11.6. The maximum atomic E-state index is 5.56. The van der Waals surface area contributed by atoms with Crippen molar-refractivity contribution in [1.82, 2.24) is 4.57 Å². The van der Waals surface area contributed by atoms with E-state index in [0.29, 0.717) is 0 Å². The molecule has 1 heterocycles. The van der Waals surface area contributed by atoms with Gasteiger partial charge in [-0.05, 0) is 151 Å². The number of ether oxygens (including phenoxy) is 2. The van der Waals surface area contributed by atoms with Crippen LogP contribution in [0.5, 0.6) is 11.5 Å². The molecular weight excluding hydrogens is 865 g/mol. The quantitative estimate of drug-likeness (QED) is 0.137. The summed E-state index contributed by atoms with van der Waals surface area (Å²) in [5.74, 6) is 1.62. The minimum atomic E-state index is -0.523. The second-order valence-electron chi connectivity index (χ2n) is 18.3. The average Bonchev–Trinajstić information content (AvgIpc) is 3.94. The van der Waals surface area contributed by atoms with E-state index in [9.17, 15) is 0 Å². The number of fused-ring (bicyclic) bond motifs is 8. The molecule has 11 aromatic carbocycles. The summed E-state index contributed by atoms with van der Waals surface area (Å²) in [5.41, 5.74) is 18.2. The molecule has 0 atom stereocenters. The first-order valence-corrected chi connectivity index (χ1v) is 24.2. The molecule has 1 aliphatic carbocycles. The highest BCUT2D eigenvalue weighted by molar-refractivity contribution is 6.24. The van der Waals surface area contributed by atoms with Gasteiger partial charge in [-0.1, -0.05) is 170 Å². The SMILES string of the molecule is COc1ccc(N(c2ccc(OC)cc2)c2cccc(-c3ccccc3-c3cc4c(c5ccccc35)c3ccccc3n4-c3ccc4c(c3)C(c3ccccc3)(c3ccccc3)c3ccccc3-4)c2)cc1. The summed E-state index contributed by atoms with van der Waals surface area (Å²) in [6, 6.07) is 92.8. The highest BCUT2D eigenvalue weighted by Crippen LogP contribution is 2.57. The second-order valence-corrected chi connectivity index (χ2v) is 18.3. The van der Waals surface area contributed by atoms with E-state index in [1.807, 2.05) is 24.3 Å². The molecule has 338 valence electrons. The molecule has 0 saturated heterocycles. The summed E-state index contributed by atoms with van der Waals surface area (Å²) in [6.45, 7) is 0. The van der Waals surface area contributed by atoms with Crippen molar-refractivity contribution in [3.8, 4) is 50.6 Å². The Morgan fingerprint density at radius 1 is 0.352 bits per heavy atom. The van der Waals surface area contributed by atoms with Crippen LogP contribution in [0.3, 0.4) is 0 Å². The first-order valence-electron chi connectivity index (χ1n) is 24.2. The predicted molar refractivity (Wildman–Crippen MR) is 294 cm³/mol. The summed E-state index contributed by atoms with van der Waals surface area (Å²) in [7, 11) is 3.40. The fourth-order valence-corrected chi connectivity index (χ4v) is 11.6. The summed E-state index contributed by atoms with van der Waals surface area (Å²) < 4.78 is 13.6. The highest BCUT2D eigenvalue weighted by Gasteiger charge is 2.46. The van der Waals surface area contributed by atoms with E-state index in [1.165, 1.54) is 66.0 Å². The van der Waals surface area contributed by atoms with Crippen molar-refractivity contribution in [2.24, 2.45) is 0 Å². The molecule has 13 rings (SSSR count). The first-order chi connectivity index (χ1) is 35.1. The van der Waals surface area contributed by atoms with Gasteiger partial charge in [-0.25, -0.2) is 0 Å². The third-order valence-corrected chi connectivity index (χ3v) is 14.7. The number of benzene rings is 11. The zero-order chi connectivity index (χ0) is 47.5. The lowest BCUT2D eigenvalue weighted by atomic mass is 9.67. The lowest BCUT2D eigenvalue weighted by Gasteiger charge is -2.34. The molecule has 4 heteroatoms. The molecule has 0 saturated carbocycles. The molecule has 0 spiro atoms. The normalized spacial score (nSPS) is 12.5. The molecule has 1 aliphatic rings. The number of methoxy groups -OCH3 is 2. The van der Waals surface area contributed by atoms with Crippen molar-refractivity contribution in [1.29, 1.82) is 0 Å². The van der Waals surface area contributed by atoms with Gasteiger partial charge in [0.2, 0.25) is 0 Å². The van der Waals surface area contributed by atoms with Gasteiger partial charge in [0.1, 0.15) is 11.5 Å². The third kappa shape index (κ3) is 6.67. The van der Waals surface area contributed by atoms with Crippen molar-refractivity contribution in [3.05, 3.63) is 277 Å². The van der Waals surface area contributed by atoms with E-state index < -0.39 is 5.41 Å². The smallest absolute Gasteiger partial charge is 0.119 e. The summed E-state index contributed by atoms with van der Waals surface area (Å²) in [6.07, 6.45) is 0. The van der Waals surface area contributed by atoms with Crippen molar-refractivity contribution < 1.29 is 9.47 Å². The molecule has 71 heavy (non-hydrogen) atoms. The Kier molecular flexibility index (Phi) is 10.1. The molecule has 0 radical (unpaired) electrons. The Bertz CT molecular complexity index is 3860. The van der Waals surface area contributed by atoms with Crippen LogP contribution in [0.15, 0.2) is 255 Å². The van der Waals surface area contributed by atoms with Crippen LogP contribution in [-0.4, -0.2) is 18.8 Å². The van der Waals surface area contributed by atoms with E-state index in [4.69, 9.17) is 9.47 Å². The minimum Gasteiger partial charge on any atom is -0.497 e. The number of hydrogen-bond donors (Lipinski definition) is 0. The standard InChI is InChI=1S/C67H48N2O2/c1-70-52-37-32-48(33-38-52)68(49-34-39-53(71-2)40-35-49)50-23-17-18-45(42-50)54-24-9-10-25-55(54)61-44-65-66(59-28-12-11-26-56(59)61)60-29-14-16-31-64(60)69(65)51-36-41-58-57-27-13-15-30-62(57)67(63(58)43-51,46-19-5-3-6-20-46)47-21-7-4-8-22-47/h3-44H,1-2H3. The largest absolute Gasteiger partial charge is 0.497 e. The number of anilines is 3. The van der Waals surface area contributed by atoms with E-state index in [-0.39, 0.29) is 0 Å². The Hall–Kier alpha value is -9.12. The summed E-state index contributed by atoms with van der Waals surface area (Å²) >= 11 is 0. The third-order valence-electron chi connectivity index (χ3n) is 14.7. The van der Waals surface area contributed by atoms with Crippen LogP contribution in [0.4, 0.5) is 17.1 Å². The zero-order valence-electron chi connectivity index (χ0n) is 39.5. The lowest BCUT2D eigenvalue weighted by Crippen LogP contribution is -2.28. The Labute approximate surface area is 413 Å².